The predicted molar refractivity (Wildman–Crippen MR) is 163 cm³/mol. The van der Waals surface area contributed by atoms with Crippen molar-refractivity contribution in [3.63, 3.8) is 0 Å². The third-order valence-corrected chi connectivity index (χ3v) is 8.35. The van der Waals surface area contributed by atoms with Crippen LogP contribution in [0.5, 0.6) is 0 Å². The van der Waals surface area contributed by atoms with Crippen LogP contribution in [0, 0.1) is 11.8 Å². The molecule has 2 aliphatic rings. The molecule has 0 N–H and O–H groups in total. The molecule has 12 heteroatoms. The fourth-order valence-corrected chi connectivity index (χ4v) is 5.54. The standard InChI is InChI=1S/C31H44N8O4/c1-5-7-12-16-22(40)20(3)26-28(42)38-24(34-36-30(38)32-26)18-14-10-9-11-15-19-25-35-37-31-33-27(29(43)39(25)31)21(4)23(41)17-13-8-6-2/h20-21H,5-19H2,1-4H3/t20-,21+. The Kier molecular flexibility index (Phi) is 11.4. The smallest absolute Gasteiger partial charge is 0.281 e. The molecule has 2 atom stereocenters. The van der Waals surface area contributed by atoms with Crippen molar-refractivity contribution in [1.82, 2.24) is 29.5 Å². The van der Waals surface area contributed by atoms with Crippen LogP contribution in [0.25, 0.3) is 0 Å². The summed E-state index contributed by atoms with van der Waals surface area (Å²) in [4.78, 5) is 59.8. The molecule has 2 aromatic heterocycles. The minimum Gasteiger partial charge on any atom is -0.299 e. The summed E-state index contributed by atoms with van der Waals surface area (Å²) in [6.07, 6.45) is 12.4. The van der Waals surface area contributed by atoms with E-state index in [1.807, 2.05) is 0 Å². The summed E-state index contributed by atoms with van der Waals surface area (Å²) in [6, 6.07) is 0. The molecule has 0 saturated heterocycles. The maximum absolute atomic E-state index is 13.0. The zero-order valence-electron chi connectivity index (χ0n) is 26.0. The summed E-state index contributed by atoms with van der Waals surface area (Å²) in [7, 11) is 0. The first-order valence-electron chi connectivity index (χ1n) is 16.0. The van der Waals surface area contributed by atoms with Crippen molar-refractivity contribution in [3.8, 4) is 0 Å². The van der Waals surface area contributed by atoms with Crippen LogP contribution in [0.1, 0.15) is 132 Å². The van der Waals surface area contributed by atoms with Crippen LogP contribution in [-0.4, -0.2) is 64.3 Å². The Hall–Kier alpha value is -3.70. The number of aromatic nitrogens is 6. The predicted octanol–water partition coefficient (Wildman–Crippen LogP) is 5.63. The van der Waals surface area contributed by atoms with Gasteiger partial charge in [0, 0.05) is 25.7 Å². The van der Waals surface area contributed by atoms with Gasteiger partial charge in [-0.2, -0.15) is 0 Å². The minimum atomic E-state index is -0.541. The van der Waals surface area contributed by atoms with E-state index in [0.717, 1.165) is 70.6 Å². The molecule has 43 heavy (non-hydrogen) atoms. The number of ketones is 2. The quantitative estimate of drug-likeness (QED) is 0.179. The molecule has 0 fully saturated rings. The van der Waals surface area contributed by atoms with Gasteiger partial charge in [0.25, 0.3) is 23.7 Å². The minimum absolute atomic E-state index is 0.0386. The Labute approximate surface area is 252 Å². The molecule has 0 saturated carbocycles. The number of carbonyl (C=O) groups is 4. The first kappa shape index (κ1) is 32.2. The first-order chi connectivity index (χ1) is 20.8. The van der Waals surface area contributed by atoms with E-state index in [1.54, 1.807) is 13.8 Å². The highest BCUT2D eigenvalue weighted by Crippen LogP contribution is 2.26. The maximum atomic E-state index is 13.0. The Morgan fingerprint density at radius 2 is 0.977 bits per heavy atom. The second-order valence-electron chi connectivity index (χ2n) is 11.7. The van der Waals surface area contributed by atoms with E-state index in [4.69, 9.17) is 0 Å². The number of nitrogens with zero attached hydrogens (tertiary/aromatic N) is 8. The largest absolute Gasteiger partial charge is 0.299 e. The van der Waals surface area contributed by atoms with Crippen molar-refractivity contribution in [2.24, 2.45) is 21.8 Å². The van der Waals surface area contributed by atoms with Crippen molar-refractivity contribution in [2.45, 2.75) is 124 Å². The molecule has 2 aromatic rings. The number of hydrogen-bond donors (Lipinski definition) is 0. The van der Waals surface area contributed by atoms with E-state index < -0.39 is 11.8 Å². The van der Waals surface area contributed by atoms with E-state index in [-0.39, 0.29) is 46.7 Å². The fourth-order valence-electron chi connectivity index (χ4n) is 5.54. The molecule has 0 aromatic carbocycles. The Morgan fingerprint density at radius 3 is 1.37 bits per heavy atom. The molecule has 2 aliphatic heterocycles. The lowest BCUT2D eigenvalue weighted by molar-refractivity contribution is -0.121. The maximum Gasteiger partial charge on any atom is 0.281 e. The van der Waals surface area contributed by atoms with Crippen molar-refractivity contribution >= 4 is 46.7 Å². The van der Waals surface area contributed by atoms with Gasteiger partial charge in [-0.3, -0.25) is 19.2 Å². The zero-order chi connectivity index (χ0) is 30.9. The number of Topliss-reactive ketones (excluding diaryl/α,β-unsaturated/α-hetero) is 2. The summed E-state index contributed by atoms with van der Waals surface area (Å²) >= 11 is 0. The lowest BCUT2D eigenvalue weighted by Crippen LogP contribution is -2.29. The van der Waals surface area contributed by atoms with Gasteiger partial charge in [-0.05, 0) is 39.5 Å². The third kappa shape index (κ3) is 7.45. The number of unbranched alkanes of at least 4 members (excludes halogenated alkanes) is 8. The van der Waals surface area contributed by atoms with E-state index in [9.17, 15) is 19.2 Å². The van der Waals surface area contributed by atoms with E-state index in [2.05, 4.69) is 44.2 Å². The molecule has 0 aliphatic carbocycles. The van der Waals surface area contributed by atoms with E-state index in [0.29, 0.717) is 37.3 Å². The van der Waals surface area contributed by atoms with Crippen molar-refractivity contribution in [2.75, 3.05) is 0 Å². The second kappa shape index (κ2) is 15.2. The molecule has 0 bridgehead atoms. The van der Waals surface area contributed by atoms with Crippen LogP contribution in [0.15, 0.2) is 9.98 Å². The molecule has 0 radical (unpaired) electrons. The molecule has 0 unspecified atom stereocenters. The normalized spacial score (nSPS) is 15.3. The van der Waals surface area contributed by atoms with Crippen molar-refractivity contribution in [1.29, 1.82) is 0 Å². The van der Waals surface area contributed by atoms with Gasteiger partial charge < -0.3 is 0 Å². The molecular formula is C31H44N8O4. The Morgan fingerprint density at radius 1 is 0.581 bits per heavy atom. The number of hydrogen-bond acceptors (Lipinski definition) is 10. The van der Waals surface area contributed by atoms with Crippen LogP contribution >= 0.6 is 0 Å². The first-order valence-corrected chi connectivity index (χ1v) is 16.0. The third-order valence-electron chi connectivity index (χ3n) is 8.35. The van der Waals surface area contributed by atoms with Gasteiger partial charge in [-0.25, -0.2) is 19.1 Å². The van der Waals surface area contributed by atoms with Crippen LogP contribution < -0.4 is 0 Å². The van der Waals surface area contributed by atoms with Crippen LogP contribution in [-0.2, 0) is 22.4 Å². The second-order valence-corrected chi connectivity index (χ2v) is 11.7. The summed E-state index contributed by atoms with van der Waals surface area (Å²) < 4.78 is 2.90. The van der Waals surface area contributed by atoms with Gasteiger partial charge in [-0.1, -0.05) is 58.8 Å². The van der Waals surface area contributed by atoms with Crippen molar-refractivity contribution in [3.05, 3.63) is 11.6 Å². The summed E-state index contributed by atoms with van der Waals surface area (Å²) in [6.45, 7) is 7.67. The van der Waals surface area contributed by atoms with Crippen LogP contribution in [0.4, 0.5) is 11.9 Å². The Balaban J connectivity index is 1.17. The van der Waals surface area contributed by atoms with E-state index >= 15 is 0 Å². The van der Waals surface area contributed by atoms with Gasteiger partial charge in [-0.15, -0.1) is 20.4 Å². The van der Waals surface area contributed by atoms with Gasteiger partial charge in [0.1, 0.15) is 34.6 Å². The molecule has 4 rings (SSSR count). The van der Waals surface area contributed by atoms with Crippen molar-refractivity contribution < 1.29 is 19.2 Å². The summed E-state index contributed by atoms with van der Waals surface area (Å²) in [5.74, 6) is 0.107. The lowest BCUT2D eigenvalue weighted by Gasteiger charge is -2.10. The van der Waals surface area contributed by atoms with E-state index in [1.165, 1.54) is 9.13 Å². The molecular weight excluding hydrogens is 548 g/mol. The van der Waals surface area contributed by atoms with Gasteiger partial charge in [0.2, 0.25) is 0 Å². The SMILES string of the molecule is CCCCCC(=O)[C@@H](C)C1=Nc2nnc(CCCCCCCc3nnc4n3C(=O)C([C@@H](C)C(=O)CCCCC)=N4)n2C1=O. The average Bonchev–Trinajstić information content (AvgIpc) is 3.75. The highest BCUT2D eigenvalue weighted by Gasteiger charge is 2.36. The van der Waals surface area contributed by atoms with Gasteiger partial charge in [0.15, 0.2) is 0 Å². The topological polar surface area (TPSA) is 154 Å². The van der Waals surface area contributed by atoms with Crippen LogP contribution in [0.2, 0.25) is 0 Å². The fraction of sp³-hybridized carbons (Fsp3) is 0.677. The number of aryl methyl sites for hydroxylation is 2. The molecule has 0 spiro atoms. The monoisotopic (exact) mass is 592 g/mol. The number of rotatable bonds is 20. The van der Waals surface area contributed by atoms with Gasteiger partial charge >= 0.3 is 0 Å². The number of fused-ring (bicyclic) bond motifs is 2. The molecule has 4 heterocycles. The molecule has 0 amide bonds. The lowest BCUT2D eigenvalue weighted by atomic mass is 9.96. The van der Waals surface area contributed by atoms with Crippen LogP contribution in [0.3, 0.4) is 0 Å². The average molecular weight is 593 g/mol. The number of aliphatic imine (C=N–C) groups is 2. The van der Waals surface area contributed by atoms with Gasteiger partial charge in [0.05, 0.1) is 11.8 Å². The zero-order valence-corrected chi connectivity index (χ0v) is 26.0. The highest BCUT2D eigenvalue weighted by atomic mass is 16.2. The summed E-state index contributed by atoms with van der Waals surface area (Å²) in [5, 5.41) is 16.5. The molecule has 12 nitrogen and oxygen atoms in total. The Bertz CT molecular complexity index is 1300. The summed E-state index contributed by atoms with van der Waals surface area (Å²) in [5.41, 5.74) is 0.522. The number of carbonyl (C=O) groups excluding carboxylic acids is 4. The molecule has 232 valence electrons. The highest BCUT2D eigenvalue weighted by molar-refractivity contribution is 6.46.